The molecule has 1 aromatic heterocycles. The molecule has 0 aliphatic heterocycles. The van der Waals surface area contributed by atoms with Gasteiger partial charge in [-0.05, 0) is 82.9 Å². The zero-order chi connectivity index (χ0) is 25.0. The Morgan fingerprint density at radius 1 is 1.06 bits per heavy atom. The number of benzene rings is 2. The Bertz CT molecular complexity index is 1140. The summed E-state index contributed by atoms with van der Waals surface area (Å²) in [6.45, 7) is 15.4. The third kappa shape index (κ3) is 6.52. The lowest BCUT2D eigenvalue weighted by Gasteiger charge is -2.27. The van der Waals surface area contributed by atoms with Gasteiger partial charge >= 0.3 is 0 Å². The van der Waals surface area contributed by atoms with E-state index < -0.39 is 5.60 Å². The first kappa shape index (κ1) is 25.6. The fraction of sp³-hybridized carbons (Fsp3) is 0.444. The lowest BCUT2D eigenvalue weighted by atomic mass is 10.0. The summed E-state index contributed by atoms with van der Waals surface area (Å²) in [6, 6.07) is 12.4. The first-order valence-electron chi connectivity index (χ1n) is 11.6. The van der Waals surface area contributed by atoms with Crippen LogP contribution in [0.3, 0.4) is 0 Å². The van der Waals surface area contributed by atoms with Crippen LogP contribution in [0.25, 0.3) is 5.69 Å². The minimum atomic E-state index is -0.638. The van der Waals surface area contributed by atoms with E-state index >= 15 is 0 Å². The van der Waals surface area contributed by atoms with E-state index in [1.807, 2.05) is 53.7 Å². The quantitative estimate of drug-likeness (QED) is 0.426. The van der Waals surface area contributed by atoms with E-state index in [-0.39, 0.29) is 6.61 Å². The average Bonchev–Trinajstić information content (AvgIpc) is 3.10. The normalized spacial score (nSPS) is 11.8. The molecular formula is C27H37N5O2. The molecule has 0 unspecified atom stereocenters. The molecule has 0 aliphatic carbocycles. The van der Waals surface area contributed by atoms with Crippen molar-refractivity contribution in [2.45, 2.75) is 67.2 Å². The van der Waals surface area contributed by atoms with Crippen molar-refractivity contribution in [1.29, 1.82) is 5.41 Å². The second-order valence-electron chi connectivity index (χ2n) is 9.86. The van der Waals surface area contributed by atoms with E-state index in [4.69, 9.17) is 15.2 Å². The molecule has 0 amide bonds. The molecule has 0 radical (unpaired) electrons. The van der Waals surface area contributed by atoms with Gasteiger partial charge in [0.05, 0.1) is 18.0 Å². The van der Waals surface area contributed by atoms with E-state index in [0.29, 0.717) is 25.3 Å². The maximum absolute atomic E-state index is 9.58. The Kier molecular flexibility index (Phi) is 7.89. The van der Waals surface area contributed by atoms with Crippen molar-refractivity contribution < 1.29 is 9.84 Å². The van der Waals surface area contributed by atoms with Gasteiger partial charge in [0.2, 0.25) is 0 Å². The second-order valence-corrected chi connectivity index (χ2v) is 9.86. The standard InChI is InChI=1S/C27H37N5O2/c1-18-9-8-10-24(11-18)32-29-22(5)25(30-32)16-31(14-21(4)28)15-23-12-19(2)26(20(3)13-23)34-27(6,7)17-33/h8-13,28,33H,14-17H2,1-7H3. The summed E-state index contributed by atoms with van der Waals surface area (Å²) in [5.41, 5.74) is 7.07. The van der Waals surface area contributed by atoms with E-state index in [1.165, 1.54) is 0 Å². The fourth-order valence-corrected chi connectivity index (χ4v) is 4.00. The second kappa shape index (κ2) is 10.5. The van der Waals surface area contributed by atoms with Crippen molar-refractivity contribution in [3.05, 3.63) is 70.0 Å². The maximum atomic E-state index is 9.58. The van der Waals surface area contributed by atoms with Crippen LogP contribution in [0.5, 0.6) is 5.75 Å². The first-order chi connectivity index (χ1) is 16.0. The minimum absolute atomic E-state index is 0.0530. The number of nitrogens with zero attached hydrogens (tertiary/aromatic N) is 4. The van der Waals surface area contributed by atoms with Crippen molar-refractivity contribution in [2.75, 3.05) is 13.2 Å². The molecule has 0 aliphatic rings. The predicted molar refractivity (Wildman–Crippen MR) is 136 cm³/mol. The third-order valence-corrected chi connectivity index (χ3v) is 5.63. The molecule has 3 rings (SSSR count). The van der Waals surface area contributed by atoms with Gasteiger partial charge in [0.1, 0.15) is 17.0 Å². The van der Waals surface area contributed by atoms with Crippen molar-refractivity contribution in [2.24, 2.45) is 0 Å². The number of hydrogen-bond acceptors (Lipinski definition) is 6. The van der Waals surface area contributed by atoms with Crippen molar-refractivity contribution in [3.8, 4) is 11.4 Å². The molecule has 0 atom stereocenters. The minimum Gasteiger partial charge on any atom is -0.485 e. The summed E-state index contributed by atoms with van der Waals surface area (Å²) < 4.78 is 6.08. The third-order valence-electron chi connectivity index (χ3n) is 5.63. The van der Waals surface area contributed by atoms with Gasteiger partial charge in [-0.1, -0.05) is 24.3 Å². The Balaban J connectivity index is 1.83. The van der Waals surface area contributed by atoms with Crippen LogP contribution in [0.4, 0.5) is 0 Å². The topological polar surface area (TPSA) is 87.3 Å². The Morgan fingerprint density at radius 3 is 2.32 bits per heavy atom. The fourth-order valence-electron chi connectivity index (χ4n) is 4.00. The van der Waals surface area contributed by atoms with Gasteiger partial charge in [-0.3, -0.25) is 4.90 Å². The molecule has 0 fully saturated rings. The van der Waals surface area contributed by atoms with Gasteiger partial charge in [0.15, 0.2) is 0 Å². The van der Waals surface area contributed by atoms with E-state index in [0.717, 1.165) is 45.1 Å². The summed E-state index contributed by atoms with van der Waals surface area (Å²) in [5, 5.41) is 27.1. The van der Waals surface area contributed by atoms with Gasteiger partial charge in [0, 0.05) is 25.3 Å². The molecule has 2 aromatic carbocycles. The van der Waals surface area contributed by atoms with E-state index in [2.05, 4.69) is 41.2 Å². The molecular weight excluding hydrogens is 426 g/mol. The van der Waals surface area contributed by atoms with Gasteiger partial charge in [0.25, 0.3) is 0 Å². The highest BCUT2D eigenvalue weighted by atomic mass is 16.5. The lowest BCUT2D eigenvalue weighted by molar-refractivity contribution is 0.0400. The molecule has 7 heteroatoms. The molecule has 0 saturated heterocycles. The number of ether oxygens (including phenoxy) is 1. The number of aryl methyl sites for hydroxylation is 4. The van der Waals surface area contributed by atoms with Gasteiger partial charge < -0.3 is 15.3 Å². The maximum Gasteiger partial charge on any atom is 0.126 e. The summed E-state index contributed by atoms with van der Waals surface area (Å²) in [7, 11) is 0. The van der Waals surface area contributed by atoms with Gasteiger partial charge in [-0.2, -0.15) is 15.0 Å². The highest BCUT2D eigenvalue weighted by molar-refractivity contribution is 5.80. The Morgan fingerprint density at radius 2 is 1.74 bits per heavy atom. The summed E-state index contributed by atoms with van der Waals surface area (Å²) in [6.07, 6.45) is 0. The van der Waals surface area contributed by atoms with Crippen molar-refractivity contribution >= 4 is 5.71 Å². The van der Waals surface area contributed by atoms with Crippen molar-refractivity contribution in [3.63, 3.8) is 0 Å². The number of aromatic nitrogens is 3. The lowest BCUT2D eigenvalue weighted by Crippen LogP contribution is -2.33. The zero-order valence-corrected chi connectivity index (χ0v) is 21.4. The highest BCUT2D eigenvalue weighted by Gasteiger charge is 2.21. The average molecular weight is 464 g/mol. The van der Waals surface area contributed by atoms with Crippen LogP contribution in [0, 0.1) is 33.1 Å². The van der Waals surface area contributed by atoms with Crippen LogP contribution in [0.1, 0.15) is 54.4 Å². The summed E-state index contributed by atoms with van der Waals surface area (Å²) in [4.78, 5) is 3.91. The molecule has 0 spiro atoms. The number of nitrogens with one attached hydrogen (secondary N) is 1. The van der Waals surface area contributed by atoms with Crippen molar-refractivity contribution in [1.82, 2.24) is 19.9 Å². The molecule has 34 heavy (non-hydrogen) atoms. The molecule has 0 bridgehead atoms. The molecule has 7 nitrogen and oxygen atoms in total. The number of rotatable bonds is 10. The zero-order valence-electron chi connectivity index (χ0n) is 21.4. The summed E-state index contributed by atoms with van der Waals surface area (Å²) in [5.74, 6) is 0.814. The SMILES string of the molecule is CC(=N)CN(Cc1cc(C)c(OC(C)(C)CO)c(C)c1)Cc1nn(-c2cccc(C)c2)nc1C. The van der Waals surface area contributed by atoms with Crippen LogP contribution < -0.4 is 4.74 Å². The van der Waals surface area contributed by atoms with Crippen LogP contribution in [-0.2, 0) is 13.1 Å². The largest absolute Gasteiger partial charge is 0.485 e. The number of hydrogen-bond donors (Lipinski definition) is 2. The molecule has 1 heterocycles. The predicted octanol–water partition coefficient (Wildman–Crippen LogP) is 4.69. The Labute approximate surface area is 202 Å². The van der Waals surface area contributed by atoms with Gasteiger partial charge in [-0.15, -0.1) is 0 Å². The van der Waals surface area contributed by atoms with E-state index in [1.54, 1.807) is 4.80 Å². The van der Waals surface area contributed by atoms with E-state index in [9.17, 15) is 5.11 Å². The summed E-state index contributed by atoms with van der Waals surface area (Å²) >= 11 is 0. The Hall–Kier alpha value is -3.03. The molecule has 3 aromatic rings. The number of aliphatic hydroxyl groups excluding tert-OH is 1. The number of aliphatic hydroxyl groups is 1. The van der Waals surface area contributed by atoms with Crippen LogP contribution >= 0.6 is 0 Å². The molecule has 2 N–H and O–H groups in total. The first-order valence-corrected chi connectivity index (χ1v) is 11.6. The van der Waals surface area contributed by atoms with Crippen LogP contribution in [0.2, 0.25) is 0 Å². The highest BCUT2D eigenvalue weighted by Crippen LogP contribution is 2.29. The smallest absolute Gasteiger partial charge is 0.126 e. The van der Waals surface area contributed by atoms with Crippen LogP contribution in [0.15, 0.2) is 36.4 Å². The molecule has 0 saturated carbocycles. The van der Waals surface area contributed by atoms with Gasteiger partial charge in [-0.25, -0.2) is 0 Å². The van der Waals surface area contributed by atoms with Crippen LogP contribution in [-0.4, -0.2) is 49.5 Å². The monoisotopic (exact) mass is 463 g/mol. The molecule has 182 valence electrons.